The first-order chi connectivity index (χ1) is 11.8. The SMILES string of the molecule is Fc1ccc(-c2ncn(Cc3ccncc3)c2-c2cc[nH]c2)cc1. The van der Waals surface area contributed by atoms with Crippen LogP contribution in [0.15, 0.2) is 73.6 Å². The van der Waals surface area contributed by atoms with Gasteiger partial charge >= 0.3 is 0 Å². The number of hydrogen-bond acceptors (Lipinski definition) is 2. The van der Waals surface area contributed by atoms with Crippen molar-refractivity contribution in [3.8, 4) is 22.5 Å². The predicted octanol–water partition coefficient (Wildman–Crippen LogP) is 4.13. The molecule has 0 unspecified atom stereocenters. The average molecular weight is 318 g/mol. The minimum Gasteiger partial charge on any atom is -0.367 e. The van der Waals surface area contributed by atoms with E-state index in [1.165, 1.54) is 12.1 Å². The van der Waals surface area contributed by atoms with Crippen molar-refractivity contribution < 1.29 is 4.39 Å². The zero-order valence-electron chi connectivity index (χ0n) is 12.9. The molecule has 4 rings (SSSR count). The minimum atomic E-state index is -0.252. The maximum Gasteiger partial charge on any atom is 0.123 e. The van der Waals surface area contributed by atoms with Gasteiger partial charge in [0, 0.05) is 42.5 Å². The van der Waals surface area contributed by atoms with Crippen LogP contribution in [0.3, 0.4) is 0 Å². The molecule has 0 aliphatic rings. The summed E-state index contributed by atoms with van der Waals surface area (Å²) in [5.41, 5.74) is 4.91. The number of halogens is 1. The second kappa shape index (κ2) is 6.12. The summed E-state index contributed by atoms with van der Waals surface area (Å²) < 4.78 is 15.3. The third-order valence-corrected chi connectivity index (χ3v) is 3.93. The summed E-state index contributed by atoms with van der Waals surface area (Å²) in [5.74, 6) is -0.252. The zero-order chi connectivity index (χ0) is 16.4. The molecule has 0 aliphatic heterocycles. The predicted molar refractivity (Wildman–Crippen MR) is 90.7 cm³/mol. The maximum absolute atomic E-state index is 13.2. The summed E-state index contributed by atoms with van der Waals surface area (Å²) in [6.45, 7) is 0.692. The fourth-order valence-corrected chi connectivity index (χ4v) is 2.78. The molecule has 0 radical (unpaired) electrons. The van der Waals surface area contributed by atoms with Gasteiger partial charge in [0.15, 0.2) is 0 Å². The molecule has 1 N–H and O–H groups in total. The number of nitrogens with zero attached hydrogens (tertiary/aromatic N) is 3. The Balaban J connectivity index is 1.82. The van der Waals surface area contributed by atoms with Crippen molar-refractivity contribution in [2.75, 3.05) is 0 Å². The van der Waals surface area contributed by atoms with E-state index in [2.05, 4.69) is 19.5 Å². The van der Waals surface area contributed by atoms with Crippen LogP contribution < -0.4 is 0 Å². The lowest BCUT2D eigenvalue weighted by molar-refractivity contribution is 0.628. The van der Waals surface area contributed by atoms with E-state index < -0.39 is 0 Å². The quantitative estimate of drug-likeness (QED) is 0.615. The number of rotatable bonds is 4. The van der Waals surface area contributed by atoms with Crippen LogP contribution >= 0.6 is 0 Å². The molecular weight excluding hydrogens is 303 g/mol. The summed E-state index contributed by atoms with van der Waals surface area (Å²) in [7, 11) is 0. The van der Waals surface area contributed by atoms with Gasteiger partial charge in [0.05, 0.1) is 17.7 Å². The van der Waals surface area contributed by atoms with E-state index in [1.807, 2.05) is 36.9 Å². The molecule has 0 saturated carbocycles. The number of aromatic nitrogens is 4. The molecule has 4 aromatic rings. The fourth-order valence-electron chi connectivity index (χ4n) is 2.78. The Morgan fingerprint density at radius 2 is 1.75 bits per heavy atom. The Morgan fingerprint density at radius 1 is 0.958 bits per heavy atom. The van der Waals surface area contributed by atoms with Gasteiger partial charge in [0.1, 0.15) is 5.82 Å². The first kappa shape index (κ1) is 14.4. The molecule has 0 fully saturated rings. The normalized spacial score (nSPS) is 10.9. The minimum absolute atomic E-state index is 0.252. The molecule has 3 heterocycles. The van der Waals surface area contributed by atoms with Crippen LogP contribution in [-0.2, 0) is 6.54 Å². The third kappa shape index (κ3) is 2.72. The highest BCUT2D eigenvalue weighted by molar-refractivity contribution is 5.78. The van der Waals surface area contributed by atoms with Crippen molar-refractivity contribution >= 4 is 0 Å². The molecule has 118 valence electrons. The van der Waals surface area contributed by atoms with Gasteiger partial charge in [-0.05, 0) is 48.0 Å². The second-order valence-corrected chi connectivity index (χ2v) is 5.53. The van der Waals surface area contributed by atoms with E-state index in [0.717, 1.165) is 28.1 Å². The summed E-state index contributed by atoms with van der Waals surface area (Å²) in [4.78, 5) is 11.7. The molecule has 3 aromatic heterocycles. The molecule has 0 aliphatic carbocycles. The number of benzene rings is 1. The van der Waals surface area contributed by atoms with Gasteiger partial charge in [0.25, 0.3) is 0 Å². The summed E-state index contributed by atoms with van der Waals surface area (Å²) in [5, 5.41) is 0. The first-order valence-electron chi connectivity index (χ1n) is 7.64. The molecule has 1 aromatic carbocycles. The Kier molecular flexibility index (Phi) is 3.67. The molecule has 4 nitrogen and oxygen atoms in total. The number of H-pyrrole nitrogens is 1. The largest absolute Gasteiger partial charge is 0.367 e. The zero-order valence-corrected chi connectivity index (χ0v) is 12.9. The fraction of sp³-hybridized carbons (Fsp3) is 0.0526. The molecule has 0 saturated heterocycles. The Hall–Kier alpha value is -3.21. The highest BCUT2D eigenvalue weighted by Crippen LogP contribution is 2.31. The second-order valence-electron chi connectivity index (χ2n) is 5.53. The summed E-state index contributed by atoms with van der Waals surface area (Å²) in [6, 6.07) is 12.4. The average Bonchev–Trinajstić information content (AvgIpc) is 3.26. The molecule has 0 spiro atoms. The van der Waals surface area contributed by atoms with Crippen molar-refractivity contribution in [1.29, 1.82) is 0 Å². The highest BCUT2D eigenvalue weighted by atomic mass is 19.1. The Labute approximate surface area is 138 Å². The van der Waals surface area contributed by atoms with Gasteiger partial charge < -0.3 is 9.55 Å². The summed E-state index contributed by atoms with van der Waals surface area (Å²) >= 11 is 0. The molecule has 0 bridgehead atoms. The molecule has 24 heavy (non-hydrogen) atoms. The lowest BCUT2D eigenvalue weighted by Crippen LogP contribution is -2.00. The van der Waals surface area contributed by atoms with Crippen molar-refractivity contribution in [2.45, 2.75) is 6.54 Å². The van der Waals surface area contributed by atoms with Crippen LogP contribution in [0, 0.1) is 5.82 Å². The van der Waals surface area contributed by atoms with Gasteiger partial charge in [-0.15, -0.1) is 0 Å². The smallest absolute Gasteiger partial charge is 0.123 e. The lowest BCUT2D eigenvalue weighted by Gasteiger charge is -2.09. The lowest BCUT2D eigenvalue weighted by atomic mass is 10.1. The van der Waals surface area contributed by atoms with Gasteiger partial charge in [-0.25, -0.2) is 9.37 Å². The van der Waals surface area contributed by atoms with Gasteiger partial charge in [-0.1, -0.05) is 0 Å². The highest BCUT2D eigenvalue weighted by Gasteiger charge is 2.15. The maximum atomic E-state index is 13.2. The number of nitrogens with one attached hydrogen (secondary N) is 1. The molecular formula is C19H15FN4. The monoisotopic (exact) mass is 318 g/mol. The van der Waals surface area contributed by atoms with Gasteiger partial charge in [-0.3, -0.25) is 4.98 Å². The molecule has 0 amide bonds. The Morgan fingerprint density at radius 3 is 2.46 bits per heavy atom. The number of aromatic amines is 1. The van der Waals surface area contributed by atoms with Crippen LogP contribution in [0.25, 0.3) is 22.5 Å². The Bertz CT molecular complexity index is 925. The van der Waals surface area contributed by atoms with Crippen LogP contribution in [0.2, 0.25) is 0 Å². The molecule has 0 atom stereocenters. The third-order valence-electron chi connectivity index (χ3n) is 3.93. The summed E-state index contributed by atoms with van der Waals surface area (Å²) in [6.07, 6.45) is 9.20. The van der Waals surface area contributed by atoms with Crippen molar-refractivity contribution in [3.63, 3.8) is 0 Å². The van der Waals surface area contributed by atoms with Crippen molar-refractivity contribution in [2.24, 2.45) is 0 Å². The standard InChI is InChI=1S/C19H15FN4/c20-17-3-1-15(2-4-17)18-19(16-7-10-22-11-16)24(13-23-18)12-14-5-8-21-9-6-14/h1-11,13,22H,12H2. The van der Waals surface area contributed by atoms with Crippen LogP contribution in [0.1, 0.15) is 5.56 Å². The van der Waals surface area contributed by atoms with Crippen LogP contribution in [0.4, 0.5) is 4.39 Å². The van der Waals surface area contributed by atoms with E-state index in [-0.39, 0.29) is 5.82 Å². The van der Waals surface area contributed by atoms with Crippen molar-refractivity contribution in [3.05, 3.63) is 85.0 Å². The van der Waals surface area contributed by atoms with E-state index in [1.54, 1.807) is 24.5 Å². The van der Waals surface area contributed by atoms with Gasteiger partial charge in [-0.2, -0.15) is 0 Å². The number of hydrogen-bond donors (Lipinski definition) is 1. The van der Waals surface area contributed by atoms with Crippen LogP contribution in [-0.4, -0.2) is 19.5 Å². The van der Waals surface area contributed by atoms with Crippen LogP contribution in [0.5, 0.6) is 0 Å². The number of imidazole rings is 1. The van der Waals surface area contributed by atoms with Gasteiger partial charge in [0.2, 0.25) is 0 Å². The van der Waals surface area contributed by atoms with E-state index in [0.29, 0.717) is 6.54 Å². The van der Waals surface area contributed by atoms with E-state index in [4.69, 9.17) is 0 Å². The topological polar surface area (TPSA) is 46.5 Å². The first-order valence-corrected chi connectivity index (χ1v) is 7.64. The van der Waals surface area contributed by atoms with E-state index in [9.17, 15) is 4.39 Å². The molecule has 5 heteroatoms. The van der Waals surface area contributed by atoms with E-state index >= 15 is 0 Å². The number of pyridine rings is 1. The van der Waals surface area contributed by atoms with Crippen molar-refractivity contribution in [1.82, 2.24) is 19.5 Å².